The van der Waals surface area contributed by atoms with Crippen LogP contribution in [0, 0.1) is 17.8 Å². The number of carbonyl (C=O) groups excluding carboxylic acids is 2. The number of likely N-dealkylation sites (N-methyl/N-ethyl adjacent to an activating group) is 1. The van der Waals surface area contributed by atoms with Crippen LogP contribution >= 0.6 is 0 Å². The van der Waals surface area contributed by atoms with E-state index in [0.29, 0.717) is 44.4 Å². The van der Waals surface area contributed by atoms with Gasteiger partial charge in [0.15, 0.2) is 0 Å². The van der Waals surface area contributed by atoms with E-state index in [1.807, 2.05) is 16.8 Å². The summed E-state index contributed by atoms with van der Waals surface area (Å²) in [5.41, 5.74) is 6.37. The Balaban J connectivity index is 1.23. The molecule has 8 nitrogen and oxygen atoms in total. The molecule has 33 heavy (non-hydrogen) atoms. The molecule has 3 aliphatic heterocycles. The monoisotopic (exact) mass is 465 g/mol. The van der Waals surface area contributed by atoms with Gasteiger partial charge in [0.2, 0.25) is 11.8 Å². The predicted octanol–water partition coefficient (Wildman–Crippen LogP) is 0.822. The Kier molecular flexibility index (Phi) is 6.44. The standard InChI is InChI=1S/C24H40FN5O3/c1-4-14-9-15(25)10-19-16(14)11-20(26-19)22(31)30-8-5-18-17(12-30)21(28-27-18)23(32)29(2)24(6-7-24)13-33-3/h14-21,26-28H,4-13H2,1-3H3. The molecule has 2 saturated carbocycles. The number of ether oxygens (including phenoxy) is 1. The molecule has 9 heteroatoms. The number of rotatable bonds is 6. The van der Waals surface area contributed by atoms with Crippen LogP contribution in [0.4, 0.5) is 4.39 Å². The van der Waals surface area contributed by atoms with Gasteiger partial charge in [-0.25, -0.2) is 9.82 Å². The highest BCUT2D eigenvalue weighted by Crippen LogP contribution is 2.43. The van der Waals surface area contributed by atoms with E-state index in [0.717, 1.165) is 32.1 Å². The molecular weight excluding hydrogens is 425 g/mol. The minimum Gasteiger partial charge on any atom is -0.382 e. The summed E-state index contributed by atoms with van der Waals surface area (Å²) in [7, 11) is 3.56. The van der Waals surface area contributed by atoms with Crippen molar-refractivity contribution in [2.24, 2.45) is 17.8 Å². The highest BCUT2D eigenvalue weighted by atomic mass is 19.1. The summed E-state index contributed by atoms with van der Waals surface area (Å²) in [6.45, 7) is 3.95. The number of fused-ring (bicyclic) bond motifs is 2. The number of hydrogen-bond acceptors (Lipinski definition) is 6. The zero-order valence-corrected chi connectivity index (χ0v) is 20.2. The maximum absolute atomic E-state index is 14.2. The summed E-state index contributed by atoms with van der Waals surface area (Å²) < 4.78 is 19.6. The Morgan fingerprint density at radius 2 is 1.94 bits per heavy atom. The molecule has 3 N–H and O–H groups in total. The number of piperidine rings is 1. The van der Waals surface area contributed by atoms with Crippen LogP contribution in [0.25, 0.3) is 0 Å². The van der Waals surface area contributed by atoms with Crippen molar-refractivity contribution >= 4 is 11.8 Å². The summed E-state index contributed by atoms with van der Waals surface area (Å²) in [5.74, 6) is 0.985. The first-order valence-corrected chi connectivity index (χ1v) is 12.8. The summed E-state index contributed by atoms with van der Waals surface area (Å²) in [5, 5.41) is 3.49. The second-order valence-corrected chi connectivity index (χ2v) is 11.1. The first-order chi connectivity index (χ1) is 15.9. The fourth-order valence-corrected chi connectivity index (χ4v) is 7.07. The van der Waals surface area contributed by atoms with Gasteiger partial charge in [0, 0.05) is 45.2 Å². The van der Waals surface area contributed by atoms with Gasteiger partial charge in [-0.1, -0.05) is 13.3 Å². The van der Waals surface area contributed by atoms with E-state index in [-0.39, 0.29) is 47.4 Å². The SMILES string of the molecule is CCC1CC(F)CC2NC(C(=O)N3CCC4NNC(C(=O)N(C)C5(COC)CC5)C4C3)CC12. The van der Waals surface area contributed by atoms with Gasteiger partial charge in [0.25, 0.3) is 0 Å². The fourth-order valence-electron chi connectivity index (χ4n) is 7.07. The molecule has 2 aliphatic carbocycles. The average Bonchev–Trinajstić information content (AvgIpc) is 3.28. The minimum absolute atomic E-state index is 0.0401. The van der Waals surface area contributed by atoms with E-state index in [1.54, 1.807) is 7.11 Å². The van der Waals surface area contributed by atoms with Gasteiger partial charge in [0.1, 0.15) is 12.2 Å². The van der Waals surface area contributed by atoms with Gasteiger partial charge in [-0.2, -0.15) is 0 Å². The molecule has 186 valence electrons. The Labute approximate surface area is 196 Å². The Morgan fingerprint density at radius 3 is 2.64 bits per heavy atom. The van der Waals surface area contributed by atoms with E-state index in [4.69, 9.17) is 4.74 Å². The van der Waals surface area contributed by atoms with Gasteiger partial charge in [0.05, 0.1) is 18.2 Å². The molecule has 0 aromatic heterocycles. The number of amides is 2. The van der Waals surface area contributed by atoms with Crippen molar-refractivity contribution in [1.29, 1.82) is 0 Å². The maximum Gasteiger partial charge on any atom is 0.241 e. The molecule has 3 heterocycles. The molecule has 5 rings (SSSR count). The van der Waals surface area contributed by atoms with Crippen molar-refractivity contribution < 1.29 is 18.7 Å². The molecule has 0 radical (unpaired) electrons. The van der Waals surface area contributed by atoms with Crippen LogP contribution < -0.4 is 16.2 Å². The first kappa shape index (κ1) is 23.5. The molecule has 5 fully saturated rings. The predicted molar refractivity (Wildman–Crippen MR) is 122 cm³/mol. The van der Waals surface area contributed by atoms with E-state index >= 15 is 0 Å². The van der Waals surface area contributed by atoms with Crippen LogP contribution in [-0.4, -0.2) is 91.3 Å². The van der Waals surface area contributed by atoms with Gasteiger partial charge in [-0.05, 0) is 50.4 Å². The normalized spacial score (nSPS) is 41.4. The van der Waals surface area contributed by atoms with Crippen LogP contribution in [0.15, 0.2) is 0 Å². The topological polar surface area (TPSA) is 85.9 Å². The van der Waals surface area contributed by atoms with E-state index < -0.39 is 6.17 Å². The summed E-state index contributed by atoms with van der Waals surface area (Å²) >= 11 is 0. The second kappa shape index (κ2) is 9.06. The van der Waals surface area contributed by atoms with Crippen LogP contribution in [0.1, 0.15) is 51.9 Å². The lowest BCUT2D eigenvalue weighted by Crippen LogP contribution is -2.56. The maximum atomic E-state index is 14.2. The highest BCUT2D eigenvalue weighted by Gasteiger charge is 2.53. The number of hydrazine groups is 1. The van der Waals surface area contributed by atoms with Crippen molar-refractivity contribution in [3.8, 4) is 0 Å². The molecule has 8 atom stereocenters. The summed E-state index contributed by atoms with van der Waals surface area (Å²) in [4.78, 5) is 30.7. The number of halogens is 1. The lowest BCUT2D eigenvalue weighted by Gasteiger charge is -2.38. The average molecular weight is 466 g/mol. The molecule has 0 aromatic rings. The van der Waals surface area contributed by atoms with Gasteiger partial charge < -0.3 is 19.9 Å². The number of nitrogens with zero attached hydrogens (tertiary/aromatic N) is 2. The molecule has 2 amide bonds. The number of alkyl halides is 1. The zero-order chi connectivity index (χ0) is 23.3. The van der Waals surface area contributed by atoms with Gasteiger partial charge in [-0.15, -0.1) is 0 Å². The minimum atomic E-state index is -0.763. The van der Waals surface area contributed by atoms with Crippen LogP contribution in [0.2, 0.25) is 0 Å². The lowest BCUT2D eigenvalue weighted by atomic mass is 9.74. The van der Waals surface area contributed by atoms with Crippen LogP contribution in [-0.2, 0) is 14.3 Å². The van der Waals surface area contributed by atoms with Crippen molar-refractivity contribution in [1.82, 2.24) is 26.0 Å². The van der Waals surface area contributed by atoms with E-state index in [1.165, 1.54) is 0 Å². The smallest absolute Gasteiger partial charge is 0.241 e. The van der Waals surface area contributed by atoms with Crippen LogP contribution in [0.3, 0.4) is 0 Å². The highest BCUT2D eigenvalue weighted by molar-refractivity contribution is 5.85. The molecule has 0 bridgehead atoms. The van der Waals surface area contributed by atoms with Gasteiger partial charge in [-0.3, -0.25) is 15.0 Å². The van der Waals surface area contributed by atoms with Crippen LogP contribution in [0.5, 0.6) is 0 Å². The quantitative estimate of drug-likeness (QED) is 0.539. The molecule has 0 spiro atoms. The Hall–Kier alpha value is -1.29. The number of hydrogen-bond donors (Lipinski definition) is 3. The Morgan fingerprint density at radius 1 is 1.15 bits per heavy atom. The second-order valence-electron chi connectivity index (χ2n) is 11.1. The van der Waals surface area contributed by atoms with Crippen molar-refractivity contribution in [3.05, 3.63) is 0 Å². The van der Waals surface area contributed by atoms with Gasteiger partial charge >= 0.3 is 0 Å². The van der Waals surface area contributed by atoms with Crippen molar-refractivity contribution in [2.75, 3.05) is 33.9 Å². The third kappa shape index (κ3) is 4.19. The van der Waals surface area contributed by atoms with E-state index in [9.17, 15) is 14.0 Å². The number of carbonyl (C=O) groups is 2. The third-order valence-corrected chi connectivity index (χ3v) is 9.31. The van der Waals surface area contributed by atoms with Crippen molar-refractivity contribution in [2.45, 2.75) is 87.7 Å². The molecule has 8 unspecified atom stereocenters. The fraction of sp³-hybridized carbons (Fsp3) is 0.917. The Bertz CT molecular complexity index is 764. The van der Waals surface area contributed by atoms with E-state index in [2.05, 4.69) is 23.1 Å². The summed E-state index contributed by atoms with van der Waals surface area (Å²) in [6.07, 6.45) is 4.93. The van der Waals surface area contributed by atoms with Crippen molar-refractivity contribution in [3.63, 3.8) is 0 Å². The largest absolute Gasteiger partial charge is 0.382 e. The third-order valence-electron chi connectivity index (χ3n) is 9.31. The lowest BCUT2D eigenvalue weighted by molar-refractivity contribution is -0.140. The summed E-state index contributed by atoms with van der Waals surface area (Å²) in [6, 6.07) is -0.282. The number of nitrogens with one attached hydrogen (secondary N) is 3. The first-order valence-electron chi connectivity index (χ1n) is 12.8. The molecular formula is C24H40FN5O3. The molecule has 0 aromatic carbocycles. The number of methoxy groups -OCH3 is 1. The zero-order valence-electron chi connectivity index (χ0n) is 20.2. The molecule has 3 saturated heterocycles. The molecule has 5 aliphatic rings. The number of likely N-dealkylation sites (tertiary alicyclic amines) is 1.